The Morgan fingerprint density at radius 3 is 2.66 bits per heavy atom. The Balaban J connectivity index is 1.64. The molecule has 154 valence electrons. The van der Waals surface area contributed by atoms with Gasteiger partial charge in [0.15, 0.2) is 5.96 Å². The third-order valence-electron chi connectivity index (χ3n) is 4.55. The molecular weight excluding hydrogens is 382 g/mol. The molecule has 3 aromatic rings. The van der Waals surface area contributed by atoms with Crippen LogP contribution in [0.1, 0.15) is 29.1 Å². The van der Waals surface area contributed by atoms with Crippen molar-refractivity contribution in [2.45, 2.75) is 26.4 Å². The summed E-state index contributed by atoms with van der Waals surface area (Å²) in [4.78, 5) is 12.8. The highest BCUT2D eigenvalue weighted by molar-refractivity contribution is 7.10. The zero-order valence-electron chi connectivity index (χ0n) is 17.5. The number of guanidine groups is 1. The molecule has 2 aromatic heterocycles. The number of aromatic nitrogens is 1. The highest BCUT2D eigenvalue weighted by Gasteiger charge is 2.15. The molecule has 1 aromatic carbocycles. The Morgan fingerprint density at radius 1 is 1.21 bits per heavy atom. The van der Waals surface area contributed by atoms with Crippen molar-refractivity contribution in [1.82, 2.24) is 20.5 Å². The van der Waals surface area contributed by atoms with Crippen LogP contribution in [0.3, 0.4) is 0 Å². The number of hydrogen-bond acceptors (Lipinski definition) is 5. The van der Waals surface area contributed by atoms with Crippen molar-refractivity contribution < 1.29 is 4.42 Å². The summed E-state index contributed by atoms with van der Waals surface area (Å²) in [6, 6.07) is 12.7. The van der Waals surface area contributed by atoms with Crippen molar-refractivity contribution in [2.24, 2.45) is 4.99 Å². The maximum atomic E-state index is 5.63. The second-order valence-corrected chi connectivity index (χ2v) is 8.06. The highest BCUT2D eigenvalue weighted by atomic mass is 32.1. The van der Waals surface area contributed by atoms with Crippen LogP contribution in [-0.4, -0.2) is 43.0 Å². The fourth-order valence-corrected chi connectivity index (χ4v) is 3.84. The van der Waals surface area contributed by atoms with Crippen LogP contribution in [0.15, 0.2) is 57.5 Å². The third-order valence-corrected chi connectivity index (χ3v) is 5.53. The van der Waals surface area contributed by atoms with Gasteiger partial charge in [-0.2, -0.15) is 0 Å². The SMILES string of the molecule is CCNC(=NCc1coc(-c2ccc(C)cc2)n1)NCC(c1cccs1)N(C)C. The van der Waals surface area contributed by atoms with Crippen molar-refractivity contribution in [3.63, 3.8) is 0 Å². The van der Waals surface area contributed by atoms with Crippen LogP contribution in [0.25, 0.3) is 11.5 Å². The Labute approximate surface area is 176 Å². The molecule has 1 atom stereocenters. The van der Waals surface area contributed by atoms with Gasteiger partial charge in [0.1, 0.15) is 12.0 Å². The fourth-order valence-electron chi connectivity index (χ4n) is 2.92. The van der Waals surface area contributed by atoms with Gasteiger partial charge in [0.05, 0.1) is 12.6 Å². The van der Waals surface area contributed by atoms with Crippen molar-refractivity contribution >= 4 is 17.3 Å². The van der Waals surface area contributed by atoms with E-state index in [1.54, 1.807) is 17.6 Å². The van der Waals surface area contributed by atoms with E-state index in [2.05, 4.69) is 83.1 Å². The summed E-state index contributed by atoms with van der Waals surface area (Å²) in [6.07, 6.45) is 1.68. The summed E-state index contributed by atoms with van der Waals surface area (Å²) >= 11 is 1.77. The van der Waals surface area contributed by atoms with Crippen molar-refractivity contribution in [3.8, 4) is 11.5 Å². The first-order valence-corrected chi connectivity index (χ1v) is 10.7. The summed E-state index contributed by atoms with van der Waals surface area (Å²) in [5.74, 6) is 1.40. The minimum atomic E-state index is 0.291. The van der Waals surface area contributed by atoms with E-state index in [4.69, 9.17) is 4.42 Å². The monoisotopic (exact) mass is 411 g/mol. The minimum absolute atomic E-state index is 0.291. The second-order valence-electron chi connectivity index (χ2n) is 7.08. The number of benzene rings is 1. The highest BCUT2D eigenvalue weighted by Crippen LogP contribution is 2.22. The van der Waals surface area contributed by atoms with Gasteiger partial charge in [-0.25, -0.2) is 9.98 Å². The van der Waals surface area contributed by atoms with Crippen molar-refractivity contribution in [1.29, 1.82) is 0 Å². The van der Waals surface area contributed by atoms with E-state index in [0.717, 1.165) is 30.3 Å². The van der Waals surface area contributed by atoms with Gasteiger partial charge < -0.3 is 20.0 Å². The minimum Gasteiger partial charge on any atom is -0.444 e. The number of nitrogens with one attached hydrogen (secondary N) is 2. The summed E-state index contributed by atoms with van der Waals surface area (Å²) in [6.45, 7) is 6.15. The summed E-state index contributed by atoms with van der Waals surface area (Å²) in [5.41, 5.74) is 2.99. The van der Waals surface area contributed by atoms with Crippen molar-refractivity contribution in [2.75, 3.05) is 27.2 Å². The van der Waals surface area contributed by atoms with E-state index in [1.807, 2.05) is 12.1 Å². The van der Waals surface area contributed by atoms with Gasteiger partial charge in [0.25, 0.3) is 0 Å². The fraction of sp³-hybridized carbons (Fsp3) is 0.364. The number of likely N-dealkylation sites (N-methyl/N-ethyl adjacent to an activating group) is 1. The maximum Gasteiger partial charge on any atom is 0.226 e. The van der Waals surface area contributed by atoms with E-state index < -0.39 is 0 Å². The third kappa shape index (κ3) is 5.92. The molecular formula is C22H29N5OS. The molecule has 0 saturated carbocycles. The van der Waals surface area contributed by atoms with Crippen LogP contribution in [0.2, 0.25) is 0 Å². The largest absolute Gasteiger partial charge is 0.444 e. The van der Waals surface area contributed by atoms with Gasteiger partial charge >= 0.3 is 0 Å². The molecule has 0 spiro atoms. The zero-order valence-corrected chi connectivity index (χ0v) is 18.3. The number of rotatable bonds is 8. The predicted octanol–water partition coefficient (Wildman–Crippen LogP) is 4.07. The van der Waals surface area contributed by atoms with Crippen LogP contribution in [0.4, 0.5) is 0 Å². The van der Waals surface area contributed by atoms with Crippen LogP contribution >= 0.6 is 11.3 Å². The first-order chi connectivity index (χ1) is 14.1. The van der Waals surface area contributed by atoms with E-state index in [0.29, 0.717) is 18.5 Å². The summed E-state index contributed by atoms with van der Waals surface area (Å²) in [7, 11) is 4.19. The Hall–Kier alpha value is -2.64. The van der Waals surface area contributed by atoms with E-state index in [9.17, 15) is 0 Å². The van der Waals surface area contributed by atoms with Gasteiger partial charge in [-0.15, -0.1) is 11.3 Å². The molecule has 0 amide bonds. The molecule has 6 nitrogen and oxygen atoms in total. The molecule has 0 saturated heterocycles. The van der Waals surface area contributed by atoms with Crippen LogP contribution < -0.4 is 10.6 Å². The molecule has 0 bridgehead atoms. The van der Waals surface area contributed by atoms with Crippen molar-refractivity contribution in [3.05, 3.63) is 64.2 Å². The quantitative estimate of drug-likeness (QED) is 0.432. The Bertz CT molecular complexity index is 900. The second kappa shape index (κ2) is 10.2. The van der Waals surface area contributed by atoms with E-state index >= 15 is 0 Å². The molecule has 3 rings (SSSR count). The zero-order chi connectivity index (χ0) is 20.6. The van der Waals surface area contributed by atoms with Crippen LogP contribution in [0, 0.1) is 6.92 Å². The first-order valence-electron chi connectivity index (χ1n) is 9.80. The van der Waals surface area contributed by atoms with Gasteiger partial charge in [0, 0.05) is 23.5 Å². The van der Waals surface area contributed by atoms with Gasteiger partial charge in [-0.1, -0.05) is 23.8 Å². The molecule has 0 radical (unpaired) electrons. The molecule has 1 unspecified atom stereocenters. The summed E-state index contributed by atoms with van der Waals surface area (Å²) in [5, 5.41) is 8.87. The lowest BCUT2D eigenvalue weighted by molar-refractivity contribution is 0.302. The molecule has 2 heterocycles. The number of hydrogen-bond donors (Lipinski definition) is 2. The smallest absolute Gasteiger partial charge is 0.226 e. The van der Waals surface area contributed by atoms with Crippen LogP contribution in [-0.2, 0) is 6.54 Å². The van der Waals surface area contributed by atoms with E-state index in [-0.39, 0.29) is 0 Å². The normalized spacial score (nSPS) is 12.9. The number of nitrogens with zero attached hydrogens (tertiary/aromatic N) is 3. The lowest BCUT2D eigenvalue weighted by atomic mass is 10.1. The molecule has 0 aliphatic rings. The molecule has 7 heteroatoms. The Morgan fingerprint density at radius 2 is 2.00 bits per heavy atom. The van der Waals surface area contributed by atoms with E-state index in [1.165, 1.54) is 10.4 Å². The molecule has 29 heavy (non-hydrogen) atoms. The number of aryl methyl sites for hydroxylation is 1. The summed E-state index contributed by atoms with van der Waals surface area (Å²) < 4.78 is 5.63. The van der Waals surface area contributed by atoms with Crippen LogP contribution in [0.5, 0.6) is 0 Å². The molecule has 0 aliphatic heterocycles. The predicted molar refractivity (Wildman–Crippen MR) is 120 cm³/mol. The Kier molecular flexibility index (Phi) is 7.43. The number of oxazole rings is 1. The average Bonchev–Trinajstić information content (AvgIpc) is 3.39. The standard InChI is InChI=1S/C22H29N5OS/c1-5-23-22(25-14-19(27(3)4)20-7-6-12-29-20)24-13-18-15-28-21(26-18)17-10-8-16(2)9-11-17/h6-12,15,19H,5,13-14H2,1-4H3,(H2,23,24,25). The maximum absolute atomic E-state index is 5.63. The molecule has 0 fully saturated rings. The molecule has 0 aliphatic carbocycles. The van der Waals surface area contributed by atoms with Gasteiger partial charge in [-0.05, 0) is 51.5 Å². The molecule has 2 N–H and O–H groups in total. The number of thiophene rings is 1. The topological polar surface area (TPSA) is 65.7 Å². The lowest BCUT2D eigenvalue weighted by Gasteiger charge is -2.24. The van der Waals surface area contributed by atoms with Gasteiger partial charge in [0.2, 0.25) is 5.89 Å². The average molecular weight is 412 g/mol. The van der Waals surface area contributed by atoms with Gasteiger partial charge in [-0.3, -0.25) is 0 Å². The first kappa shape index (κ1) is 21.1. The number of aliphatic imine (C=N–C) groups is 1. The lowest BCUT2D eigenvalue weighted by Crippen LogP contribution is -2.41.